The first-order valence-corrected chi connectivity index (χ1v) is 6.12. The van der Waals surface area contributed by atoms with Crippen molar-refractivity contribution in [2.24, 2.45) is 11.7 Å². The lowest BCUT2D eigenvalue weighted by atomic mass is 10.0. The average Bonchev–Trinajstić information content (AvgIpc) is 2.36. The highest BCUT2D eigenvalue weighted by Crippen LogP contribution is 2.11. The molecule has 5 N–H and O–H groups in total. The fourth-order valence-corrected chi connectivity index (χ4v) is 1.82. The van der Waals surface area contributed by atoms with E-state index in [1.54, 1.807) is 0 Å². The normalized spacial score (nSPS) is 20.3. The smallest absolute Gasteiger partial charge is 0.326 e. The fourth-order valence-electron chi connectivity index (χ4n) is 1.82. The first kappa shape index (κ1) is 15.2. The van der Waals surface area contributed by atoms with Crippen molar-refractivity contribution in [3.63, 3.8) is 0 Å². The quantitative estimate of drug-likeness (QED) is 0.495. The summed E-state index contributed by atoms with van der Waals surface area (Å²) in [6.07, 6.45) is 1.48. The number of amides is 3. The topological polar surface area (TPSA) is 131 Å². The van der Waals surface area contributed by atoms with Crippen molar-refractivity contribution in [1.82, 2.24) is 10.6 Å². The van der Waals surface area contributed by atoms with Crippen LogP contribution in [-0.4, -0.2) is 48.8 Å². The van der Waals surface area contributed by atoms with Gasteiger partial charge >= 0.3 is 12.0 Å². The van der Waals surface area contributed by atoms with E-state index in [1.165, 1.54) is 0 Å². The van der Waals surface area contributed by atoms with E-state index in [9.17, 15) is 14.4 Å². The van der Waals surface area contributed by atoms with Crippen molar-refractivity contribution in [1.29, 1.82) is 0 Å². The van der Waals surface area contributed by atoms with Crippen molar-refractivity contribution in [2.45, 2.75) is 25.3 Å². The van der Waals surface area contributed by atoms with Gasteiger partial charge in [0.2, 0.25) is 5.91 Å². The number of nitrogens with one attached hydrogen (secondary N) is 2. The Balaban J connectivity index is 2.31. The zero-order chi connectivity index (χ0) is 14.3. The van der Waals surface area contributed by atoms with Gasteiger partial charge in [0.25, 0.3) is 0 Å². The summed E-state index contributed by atoms with van der Waals surface area (Å²) in [4.78, 5) is 33.0. The monoisotopic (exact) mass is 273 g/mol. The molecule has 8 nitrogen and oxygen atoms in total. The maximum Gasteiger partial charge on any atom is 0.326 e. The number of ether oxygens (including phenoxy) is 1. The minimum Gasteiger partial charge on any atom is -0.480 e. The molecule has 1 fully saturated rings. The second-order valence-corrected chi connectivity index (χ2v) is 4.50. The first-order valence-electron chi connectivity index (χ1n) is 6.12. The number of urea groups is 1. The predicted molar refractivity (Wildman–Crippen MR) is 65.3 cm³/mol. The van der Waals surface area contributed by atoms with Crippen LogP contribution in [0.15, 0.2) is 0 Å². The highest BCUT2D eigenvalue weighted by atomic mass is 16.5. The van der Waals surface area contributed by atoms with Gasteiger partial charge in [-0.3, -0.25) is 4.79 Å². The van der Waals surface area contributed by atoms with Crippen molar-refractivity contribution < 1.29 is 24.2 Å². The van der Waals surface area contributed by atoms with E-state index < -0.39 is 30.4 Å². The lowest BCUT2D eigenvalue weighted by Gasteiger charge is -2.22. The van der Waals surface area contributed by atoms with Gasteiger partial charge in [-0.2, -0.15) is 0 Å². The van der Waals surface area contributed by atoms with Crippen LogP contribution >= 0.6 is 0 Å². The molecule has 0 aromatic heterocycles. The zero-order valence-electron chi connectivity index (χ0n) is 10.6. The molecule has 0 spiro atoms. The Labute approximate surface area is 110 Å². The van der Waals surface area contributed by atoms with E-state index in [0.717, 1.165) is 19.4 Å². The molecule has 0 bridgehead atoms. The summed E-state index contributed by atoms with van der Waals surface area (Å²) in [5.74, 6) is -1.85. The van der Waals surface area contributed by atoms with Gasteiger partial charge in [-0.15, -0.1) is 0 Å². The van der Waals surface area contributed by atoms with Crippen molar-refractivity contribution in [2.75, 3.05) is 19.8 Å². The second-order valence-electron chi connectivity index (χ2n) is 4.50. The standard InChI is InChI=1S/C11H19N3O5/c12-9(15)4-8(10(16)17)14-11(18)13-5-7-2-1-3-19-6-7/h7-8H,1-6H2,(H2,12,15)(H,16,17)(H2,13,14,18). The van der Waals surface area contributed by atoms with Gasteiger partial charge in [-0.05, 0) is 18.8 Å². The number of hydrogen-bond acceptors (Lipinski definition) is 4. The zero-order valence-corrected chi connectivity index (χ0v) is 10.6. The molecular formula is C11H19N3O5. The van der Waals surface area contributed by atoms with Crippen LogP contribution in [0.3, 0.4) is 0 Å². The molecule has 8 heteroatoms. The van der Waals surface area contributed by atoms with Crippen molar-refractivity contribution in [3.8, 4) is 0 Å². The van der Waals surface area contributed by atoms with Gasteiger partial charge < -0.3 is 26.2 Å². The minimum atomic E-state index is -1.31. The summed E-state index contributed by atoms with van der Waals surface area (Å²) in [6, 6.07) is -1.93. The number of carbonyl (C=O) groups excluding carboxylic acids is 2. The Bertz CT molecular complexity index is 341. The van der Waals surface area contributed by atoms with Crippen LogP contribution in [0, 0.1) is 5.92 Å². The Hall–Kier alpha value is -1.83. The van der Waals surface area contributed by atoms with E-state index in [0.29, 0.717) is 13.2 Å². The number of carboxylic acids is 1. The van der Waals surface area contributed by atoms with E-state index in [-0.39, 0.29) is 5.92 Å². The summed E-state index contributed by atoms with van der Waals surface area (Å²) >= 11 is 0. The van der Waals surface area contributed by atoms with Crippen molar-refractivity contribution in [3.05, 3.63) is 0 Å². The van der Waals surface area contributed by atoms with Crippen LogP contribution in [0.1, 0.15) is 19.3 Å². The number of carboxylic acid groups (broad SMARTS) is 1. The Morgan fingerprint density at radius 1 is 1.42 bits per heavy atom. The molecule has 0 saturated carbocycles. The Morgan fingerprint density at radius 2 is 2.16 bits per heavy atom. The van der Waals surface area contributed by atoms with Crippen LogP contribution in [-0.2, 0) is 14.3 Å². The number of primary amides is 1. The maximum atomic E-state index is 11.5. The SMILES string of the molecule is NC(=O)CC(NC(=O)NCC1CCCOC1)C(=O)O. The van der Waals surface area contributed by atoms with E-state index >= 15 is 0 Å². The third kappa shape index (κ3) is 6.05. The fraction of sp³-hybridized carbons (Fsp3) is 0.727. The molecule has 1 aliphatic rings. The number of aliphatic carboxylic acids is 1. The molecule has 19 heavy (non-hydrogen) atoms. The first-order chi connectivity index (χ1) is 8.99. The van der Waals surface area contributed by atoms with Crippen molar-refractivity contribution >= 4 is 17.9 Å². The molecule has 3 amide bonds. The molecule has 0 aliphatic carbocycles. The minimum absolute atomic E-state index is 0.235. The van der Waals surface area contributed by atoms with Crippen LogP contribution < -0.4 is 16.4 Å². The van der Waals surface area contributed by atoms with Gasteiger partial charge in [-0.1, -0.05) is 0 Å². The van der Waals surface area contributed by atoms with E-state index in [2.05, 4.69) is 10.6 Å². The molecule has 0 aromatic carbocycles. The second kappa shape index (κ2) is 7.57. The number of carbonyl (C=O) groups is 3. The Morgan fingerprint density at radius 3 is 2.68 bits per heavy atom. The molecule has 0 aromatic rings. The summed E-state index contributed by atoms with van der Waals surface area (Å²) in [6.45, 7) is 1.74. The Kier molecular flexibility index (Phi) is 6.07. The molecule has 2 unspecified atom stereocenters. The molecule has 0 radical (unpaired) electrons. The molecule has 1 saturated heterocycles. The summed E-state index contributed by atoms with van der Waals surface area (Å²) < 4.78 is 5.26. The third-order valence-corrected chi connectivity index (χ3v) is 2.81. The van der Waals surface area contributed by atoms with Crippen LogP contribution in [0.4, 0.5) is 4.79 Å². The molecule has 1 rings (SSSR count). The summed E-state index contributed by atoms with van der Waals surface area (Å²) in [5.41, 5.74) is 4.91. The number of nitrogens with two attached hydrogens (primary N) is 1. The molecule has 2 atom stereocenters. The lowest BCUT2D eigenvalue weighted by molar-refractivity contribution is -0.140. The third-order valence-electron chi connectivity index (χ3n) is 2.81. The highest BCUT2D eigenvalue weighted by molar-refractivity contribution is 5.87. The molecule has 1 heterocycles. The van der Waals surface area contributed by atoms with Crippen LogP contribution in [0.25, 0.3) is 0 Å². The van der Waals surface area contributed by atoms with E-state index in [1.807, 2.05) is 0 Å². The summed E-state index contributed by atoms with van der Waals surface area (Å²) in [5, 5.41) is 13.6. The van der Waals surface area contributed by atoms with Crippen LogP contribution in [0.5, 0.6) is 0 Å². The molecular weight excluding hydrogens is 254 g/mol. The average molecular weight is 273 g/mol. The van der Waals surface area contributed by atoms with Gasteiger partial charge in [0.1, 0.15) is 6.04 Å². The molecule has 1 aliphatic heterocycles. The van der Waals surface area contributed by atoms with Gasteiger partial charge in [0, 0.05) is 13.2 Å². The highest BCUT2D eigenvalue weighted by Gasteiger charge is 2.22. The van der Waals surface area contributed by atoms with Crippen LogP contribution in [0.2, 0.25) is 0 Å². The largest absolute Gasteiger partial charge is 0.480 e. The summed E-state index contributed by atoms with van der Waals surface area (Å²) in [7, 11) is 0. The van der Waals surface area contributed by atoms with Gasteiger partial charge in [0.05, 0.1) is 13.0 Å². The molecule has 108 valence electrons. The van der Waals surface area contributed by atoms with E-state index in [4.69, 9.17) is 15.6 Å². The lowest BCUT2D eigenvalue weighted by Crippen LogP contribution is -2.48. The number of rotatable bonds is 6. The predicted octanol–water partition coefficient (Wildman–Crippen LogP) is -0.959. The van der Waals surface area contributed by atoms with Gasteiger partial charge in [0.15, 0.2) is 0 Å². The maximum absolute atomic E-state index is 11.5. The van der Waals surface area contributed by atoms with Gasteiger partial charge in [-0.25, -0.2) is 9.59 Å². The number of hydrogen-bond donors (Lipinski definition) is 4.